The molecule has 0 bridgehead atoms. The largest absolute Gasteiger partial charge is 0.306 e. The van der Waals surface area contributed by atoms with E-state index in [4.69, 9.17) is 5.41 Å². The van der Waals surface area contributed by atoms with Crippen molar-refractivity contribution in [1.82, 2.24) is 14.0 Å². The molecule has 1 aromatic carbocycles. The number of aryl methyl sites for hydroxylation is 1. The second-order valence-corrected chi connectivity index (χ2v) is 8.72. The number of nitrogens with one attached hydrogen (secondary N) is 1. The van der Waals surface area contributed by atoms with Gasteiger partial charge < -0.3 is 4.57 Å². The molecule has 0 radical (unpaired) electrons. The number of nitrogens with zero attached hydrogens (tertiary/aromatic N) is 3. The van der Waals surface area contributed by atoms with Crippen molar-refractivity contribution < 1.29 is 12.8 Å². The minimum absolute atomic E-state index is 0.0524. The fraction of sp³-hybridized carbons (Fsp3) is 0.0952. The number of benzene rings is 1. The molecule has 0 unspecified atom stereocenters. The number of rotatable bonds is 4. The van der Waals surface area contributed by atoms with Gasteiger partial charge in [-0.1, -0.05) is 12.1 Å². The molecule has 0 saturated carbocycles. The van der Waals surface area contributed by atoms with E-state index in [-0.39, 0.29) is 32.9 Å². The van der Waals surface area contributed by atoms with Crippen LogP contribution < -0.4 is 11.0 Å². The summed E-state index contributed by atoms with van der Waals surface area (Å²) in [6, 6.07) is 8.97. The molecule has 7 nitrogen and oxygen atoms in total. The first-order valence-electron chi connectivity index (χ1n) is 8.97. The molecular formula is C21H17FN4O3S. The second-order valence-electron chi connectivity index (χ2n) is 6.80. The van der Waals surface area contributed by atoms with Crippen LogP contribution in [0.15, 0.2) is 75.9 Å². The molecule has 152 valence electrons. The van der Waals surface area contributed by atoms with Crippen molar-refractivity contribution in [1.29, 1.82) is 5.41 Å². The molecule has 0 aliphatic rings. The lowest BCUT2D eigenvalue weighted by Gasteiger charge is -2.14. The van der Waals surface area contributed by atoms with Crippen molar-refractivity contribution >= 4 is 26.5 Å². The molecule has 0 aliphatic heterocycles. The molecule has 4 aromatic rings. The van der Waals surface area contributed by atoms with Gasteiger partial charge in [0.25, 0.3) is 5.56 Å². The van der Waals surface area contributed by atoms with E-state index in [9.17, 15) is 17.6 Å². The summed E-state index contributed by atoms with van der Waals surface area (Å²) < 4.78 is 42.3. The number of hydrogen-bond donors (Lipinski definition) is 1. The molecular weight excluding hydrogens is 407 g/mol. The third-order valence-electron chi connectivity index (χ3n) is 4.74. The fourth-order valence-electron chi connectivity index (χ4n) is 3.27. The predicted molar refractivity (Wildman–Crippen MR) is 110 cm³/mol. The van der Waals surface area contributed by atoms with Gasteiger partial charge in [0.1, 0.15) is 27.5 Å². The van der Waals surface area contributed by atoms with E-state index in [1.165, 1.54) is 21.1 Å². The Labute approximate surface area is 170 Å². The van der Waals surface area contributed by atoms with Gasteiger partial charge in [0, 0.05) is 12.7 Å². The Morgan fingerprint density at radius 1 is 1.20 bits per heavy atom. The average molecular weight is 424 g/mol. The average Bonchev–Trinajstić information content (AvgIpc) is 2.71. The maximum absolute atomic E-state index is 13.3. The Kier molecular flexibility index (Phi) is 4.62. The minimum Gasteiger partial charge on any atom is -0.306 e. The van der Waals surface area contributed by atoms with E-state index in [1.807, 2.05) is 6.92 Å². The maximum atomic E-state index is 13.3. The van der Waals surface area contributed by atoms with Gasteiger partial charge in [-0.3, -0.25) is 14.6 Å². The van der Waals surface area contributed by atoms with Crippen LogP contribution in [0.3, 0.4) is 0 Å². The van der Waals surface area contributed by atoms with Gasteiger partial charge in [0.05, 0.1) is 10.3 Å². The van der Waals surface area contributed by atoms with Crippen LogP contribution in [0.4, 0.5) is 4.39 Å². The lowest BCUT2D eigenvalue weighted by atomic mass is 10.2. The summed E-state index contributed by atoms with van der Waals surface area (Å²) >= 11 is 0. The van der Waals surface area contributed by atoms with Crippen LogP contribution in [-0.2, 0) is 16.4 Å². The molecule has 0 atom stereocenters. The Bertz CT molecular complexity index is 1550. The highest BCUT2D eigenvalue weighted by molar-refractivity contribution is 7.91. The summed E-state index contributed by atoms with van der Waals surface area (Å²) in [5.41, 5.74) is 0.611. The van der Waals surface area contributed by atoms with Crippen molar-refractivity contribution in [3.05, 3.63) is 88.5 Å². The molecule has 0 saturated heterocycles. The summed E-state index contributed by atoms with van der Waals surface area (Å²) in [5, 5.41) is 8.56. The van der Waals surface area contributed by atoms with Crippen LogP contribution in [0.25, 0.3) is 16.7 Å². The first kappa shape index (κ1) is 19.7. The zero-order chi connectivity index (χ0) is 21.6. The first-order chi connectivity index (χ1) is 14.2. The van der Waals surface area contributed by atoms with E-state index in [0.29, 0.717) is 5.65 Å². The highest BCUT2D eigenvalue weighted by Crippen LogP contribution is 2.21. The summed E-state index contributed by atoms with van der Waals surface area (Å²) in [7, 11) is -4.18. The fourth-order valence-corrected chi connectivity index (χ4v) is 4.66. The van der Waals surface area contributed by atoms with Gasteiger partial charge in [-0.05, 0) is 48.9 Å². The van der Waals surface area contributed by atoms with E-state index in [2.05, 4.69) is 11.6 Å². The smallest absolute Gasteiger partial charge is 0.267 e. The zero-order valence-electron chi connectivity index (χ0n) is 16.0. The van der Waals surface area contributed by atoms with Gasteiger partial charge in [-0.25, -0.2) is 17.8 Å². The molecule has 1 N–H and O–H groups in total. The first-order valence-corrected chi connectivity index (χ1v) is 10.4. The normalized spacial score (nSPS) is 11.8. The molecule has 4 rings (SSSR count). The second kappa shape index (κ2) is 7.03. The van der Waals surface area contributed by atoms with Crippen molar-refractivity contribution in [3.63, 3.8) is 0 Å². The Balaban J connectivity index is 2.15. The zero-order valence-corrected chi connectivity index (χ0v) is 16.8. The number of hydrogen-bond acceptors (Lipinski definition) is 5. The molecule has 0 fully saturated rings. The standard InChI is InChI=1S/C21H17FN4O3S/c1-3-10-25-19(23)17(30(28,29)15-7-5-14(22)6-8-15)11-16-20(25)24-18-9-4-13(2)12-26(18)21(16)27/h3-9,11-12,23H,1,10H2,2H3. The lowest BCUT2D eigenvalue weighted by Crippen LogP contribution is -2.29. The summed E-state index contributed by atoms with van der Waals surface area (Å²) in [4.78, 5) is 17.1. The summed E-state index contributed by atoms with van der Waals surface area (Å²) in [6.07, 6.45) is 3.11. The Morgan fingerprint density at radius 3 is 2.57 bits per heavy atom. The number of halogens is 1. The van der Waals surface area contributed by atoms with Crippen molar-refractivity contribution in [2.45, 2.75) is 23.3 Å². The van der Waals surface area contributed by atoms with Crippen LogP contribution in [-0.4, -0.2) is 22.4 Å². The van der Waals surface area contributed by atoms with Crippen molar-refractivity contribution in [2.24, 2.45) is 0 Å². The molecule has 0 spiro atoms. The van der Waals surface area contributed by atoms with Crippen LogP contribution in [0.2, 0.25) is 0 Å². The monoisotopic (exact) mass is 424 g/mol. The molecule has 30 heavy (non-hydrogen) atoms. The SMILES string of the molecule is C=CCn1c(=N)c(S(=O)(=O)c2ccc(F)cc2)cc2c(=O)n3cc(C)ccc3nc21. The number of aromatic nitrogens is 3. The lowest BCUT2D eigenvalue weighted by molar-refractivity contribution is 0.590. The van der Waals surface area contributed by atoms with Gasteiger partial charge >= 0.3 is 0 Å². The van der Waals surface area contributed by atoms with Gasteiger partial charge in [0.2, 0.25) is 9.84 Å². The van der Waals surface area contributed by atoms with Crippen molar-refractivity contribution in [3.8, 4) is 0 Å². The number of fused-ring (bicyclic) bond motifs is 2. The Hall–Kier alpha value is -3.59. The number of sulfone groups is 1. The summed E-state index contributed by atoms with van der Waals surface area (Å²) in [5.74, 6) is -0.579. The molecule has 3 heterocycles. The topological polar surface area (TPSA) is 97.3 Å². The van der Waals surface area contributed by atoms with E-state index < -0.39 is 21.2 Å². The molecule has 0 aliphatic carbocycles. The van der Waals surface area contributed by atoms with Crippen LogP contribution in [0, 0.1) is 18.2 Å². The van der Waals surface area contributed by atoms with Crippen LogP contribution >= 0.6 is 0 Å². The number of allylic oxidation sites excluding steroid dienone is 1. The van der Waals surface area contributed by atoms with E-state index in [0.717, 1.165) is 29.8 Å². The van der Waals surface area contributed by atoms with Crippen LogP contribution in [0.1, 0.15) is 5.56 Å². The third-order valence-corrected chi connectivity index (χ3v) is 6.53. The Morgan fingerprint density at radius 2 is 1.90 bits per heavy atom. The van der Waals surface area contributed by atoms with E-state index >= 15 is 0 Å². The quantitative estimate of drug-likeness (QED) is 0.309. The van der Waals surface area contributed by atoms with Gasteiger partial charge in [-0.15, -0.1) is 6.58 Å². The molecule has 3 aromatic heterocycles. The highest BCUT2D eigenvalue weighted by atomic mass is 32.2. The maximum Gasteiger partial charge on any atom is 0.267 e. The van der Waals surface area contributed by atoms with Crippen molar-refractivity contribution in [2.75, 3.05) is 0 Å². The summed E-state index contributed by atoms with van der Waals surface area (Å²) in [6.45, 7) is 5.56. The van der Waals surface area contributed by atoms with Gasteiger partial charge in [0.15, 0.2) is 0 Å². The molecule has 0 amide bonds. The van der Waals surface area contributed by atoms with Gasteiger partial charge in [-0.2, -0.15) is 0 Å². The molecule has 9 heteroatoms. The van der Waals surface area contributed by atoms with Crippen LogP contribution in [0.5, 0.6) is 0 Å². The predicted octanol–water partition coefficient (Wildman–Crippen LogP) is 2.59. The van der Waals surface area contributed by atoms with E-state index in [1.54, 1.807) is 18.3 Å². The number of pyridine rings is 2. The third kappa shape index (κ3) is 3.03. The highest BCUT2D eigenvalue weighted by Gasteiger charge is 2.24. The minimum atomic E-state index is -4.18.